The molecule has 7 nitrogen and oxygen atoms in total. The number of carbonyl (C=O) groups is 1. The minimum atomic E-state index is -0.990. The third-order valence-corrected chi connectivity index (χ3v) is 6.89. The van der Waals surface area contributed by atoms with Gasteiger partial charge in [-0.3, -0.25) is 4.79 Å². The molecule has 0 radical (unpaired) electrons. The number of nitrogens with zero attached hydrogens (tertiary/aromatic N) is 3. The fourth-order valence-electron chi connectivity index (χ4n) is 4.67. The lowest BCUT2D eigenvalue weighted by Crippen LogP contribution is -2.25. The minimum Gasteiger partial charge on any atom is -0.487 e. The summed E-state index contributed by atoms with van der Waals surface area (Å²) in [6.07, 6.45) is 7.04. The van der Waals surface area contributed by atoms with Gasteiger partial charge < -0.3 is 9.84 Å². The average molecular weight is 516 g/mol. The van der Waals surface area contributed by atoms with Gasteiger partial charge in [0.1, 0.15) is 18.2 Å². The van der Waals surface area contributed by atoms with Crippen molar-refractivity contribution >= 4 is 34.7 Å². The second-order valence-electron chi connectivity index (χ2n) is 9.17. The molecular formula is C29H26ClN3O4. The van der Waals surface area contributed by atoms with E-state index in [0.29, 0.717) is 33.1 Å². The van der Waals surface area contributed by atoms with E-state index in [1.54, 1.807) is 48.7 Å². The summed E-state index contributed by atoms with van der Waals surface area (Å²) in [7, 11) is 0. The monoisotopic (exact) mass is 515 g/mol. The second kappa shape index (κ2) is 11.0. The maximum Gasteiger partial charge on any atom is 0.335 e. The first kappa shape index (κ1) is 24.7. The number of halogens is 1. The van der Waals surface area contributed by atoms with Crippen molar-refractivity contribution in [2.24, 2.45) is 5.10 Å². The molecular weight excluding hydrogens is 490 g/mol. The molecule has 1 N–H and O–H groups in total. The topological polar surface area (TPSA) is 93.8 Å². The summed E-state index contributed by atoms with van der Waals surface area (Å²) in [4.78, 5) is 29.4. The van der Waals surface area contributed by atoms with Gasteiger partial charge in [0.15, 0.2) is 0 Å². The lowest BCUT2D eigenvalue weighted by atomic mass is 9.88. The molecule has 4 aromatic rings. The van der Waals surface area contributed by atoms with Crippen molar-refractivity contribution in [2.75, 3.05) is 0 Å². The van der Waals surface area contributed by atoms with E-state index < -0.39 is 5.97 Å². The quantitative estimate of drug-likeness (QED) is 0.293. The Bertz CT molecular complexity index is 1540. The van der Waals surface area contributed by atoms with Crippen LogP contribution in [0.4, 0.5) is 0 Å². The van der Waals surface area contributed by atoms with Crippen molar-refractivity contribution in [3.05, 3.63) is 105 Å². The number of rotatable bonds is 7. The zero-order chi connectivity index (χ0) is 25.8. The van der Waals surface area contributed by atoms with Gasteiger partial charge in [-0.25, -0.2) is 9.78 Å². The molecule has 1 aliphatic rings. The Morgan fingerprint density at radius 1 is 1.08 bits per heavy atom. The van der Waals surface area contributed by atoms with Gasteiger partial charge in [0.05, 0.1) is 27.7 Å². The Morgan fingerprint density at radius 2 is 1.89 bits per heavy atom. The molecule has 1 aliphatic carbocycles. The first-order valence-electron chi connectivity index (χ1n) is 12.3. The highest BCUT2D eigenvalue weighted by atomic mass is 35.5. The first-order chi connectivity index (χ1) is 18.0. The van der Waals surface area contributed by atoms with E-state index in [-0.39, 0.29) is 23.6 Å². The molecule has 8 heteroatoms. The van der Waals surface area contributed by atoms with Crippen molar-refractivity contribution in [3.63, 3.8) is 0 Å². The molecule has 0 unspecified atom stereocenters. The summed E-state index contributed by atoms with van der Waals surface area (Å²) < 4.78 is 7.24. The zero-order valence-corrected chi connectivity index (χ0v) is 20.9. The smallest absolute Gasteiger partial charge is 0.335 e. The molecule has 1 heterocycles. The number of aromatic nitrogens is 2. The Kier molecular flexibility index (Phi) is 7.32. The van der Waals surface area contributed by atoms with Crippen LogP contribution < -0.4 is 10.3 Å². The Balaban J connectivity index is 1.39. The normalized spacial score (nSPS) is 14.3. The number of carboxylic acids is 1. The third kappa shape index (κ3) is 5.57. The van der Waals surface area contributed by atoms with Gasteiger partial charge >= 0.3 is 5.97 Å². The summed E-state index contributed by atoms with van der Waals surface area (Å²) in [5.74, 6) is 0.374. The van der Waals surface area contributed by atoms with Crippen LogP contribution in [0.1, 0.15) is 65.3 Å². The summed E-state index contributed by atoms with van der Waals surface area (Å²) >= 11 is 6.46. The zero-order valence-electron chi connectivity index (χ0n) is 20.1. The van der Waals surface area contributed by atoms with Crippen LogP contribution >= 0.6 is 11.6 Å². The van der Waals surface area contributed by atoms with Crippen LogP contribution in [0, 0.1) is 0 Å². The molecule has 0 amide bonds. The molecule has 0 atom stereocenters. The first-order valence-corrected chi connectivity index (χ1v) is 12.7. The van der Waals surface area contributed by atoms with E-state index >= 15 is 0 Å². The van der Waals surface area contributed by atoms with Crippen molar-refractivity contribution in [2.45, 2.75) is 44.6 Å². The molecule has 1 aromatic heterocycles. The SMILES string of the molecule is O=C(O)c1cccc(COc2ccc(C=Nn3c(C4CCCCC4)nc4ccccc4c3=O)cc2Cl)c1. The van der Waals surface area contributed by atoms with Crippen molar-refractivity contribution < 1.29 is 14.6 Å². The van der Waals surface area contributed by atoms with Gasteiger partial charge in [-0.2, -0.15) is 9.78 Å². The van der Waals surface area contributed by atoms with Crippen molar-refractivity contribution in [3.8, 4) is 5.75 Å². The summed E-state index contributed by atoms with van der Waals surface area (Å²) in [6.45, 7) is 0.178. The molecule has 0 aliphatic heterocycles. The molecule has 1 saturated carbocycles. The van der Waals surface area contributed by atoms with Crippen LogP contribution in [0.5, 0.6) is 5.75 Å². The summed E-state index contributed by atoms with van der Waals surface area (Å²) in [6, 6.07) is 19.2. The number of hydrogen-bond donors (Lipinski definition) is 1. The average Bonchev–Trinajstić information content (AvgIpc) is 2.92. The van der Waals surface area contributed by atoms with E-state index in [9.17, 15) is 9.59 Å². The van der Waals surface area contributed by atoms with Crippen LogP contribution in [-0.2, 0) is 6.61 Å². The number of benzene rings is 3. The van der Waals surface area contributed by atoms with E-state index in [1.807, 2.05) is 18.2 Å². The van der Waals surface area contributed by atoms with Gasteiger partial charge in [-0.05, 0) is 66.4 Å². The number of fused-ring (bicyclic) bond motifs is 1. The predicted molar refractivity (Wildman–Crippen MR) is 144 cm³/mol. The third-order valence-electron chi connectivity index (χ3n) is 6.60. The van der Waals surface area contributed by atoms with Crippen LogP contribution in [-0.4, -0.2) is 27.0 Å². The number of carboxylic acid groups (broad SMARTS) is 1. The van der Waals surface area contributed by atoms with E-state index in [0.717, 1.165) is 31.2 Å². The highest BCUT2D eigenvalue weighted by Crippen LogP contribution is 2.32. The van der Waals surface area contributed by atoms with E-state index in [2.05, 4.69) is 5.10 Å². The van der Waals surface area contributed by atoms with E-state index in [4.69, 9.17) is 26.4 Å². The number of hydrogen-bond acceptors (Lipinski definition) is 5. The summed E-state index contributed by atoms with van der Waals surface area (Å²) in [5.41, 5.74) is 2.14. The van der Waals surface area contributed by atoms with Gasteiger partial charge in [0, 0.05) is 5.92 Å². The second-order valence-corrected chi connectivity index (χ2v) is 9.57. The maximum absolute atomic E-state index is 13.3. The van der Waals surface area contributed by atoms with Crippen LogP contribution in [0.3, 0.4) is 0 Å². The lowest BCUT2D eigenvalue weighted by molar-refractivity contribution is 0.0696. The fourth-order valence-corrected chi connectivity index (χ4v) is 4.92. The molecule has 0 bridgehead atoms. The van der Waals surface area contributed by atoms with Crippen LogP contribution in [0.15, 0.2) is 76.6 Å². The minimum absolute atomic E-state index is 0.178. The Morgan fingerprint density at radius 3 is 2.68 bits per heavy atom. The summed E-state index contributed by atoms with van der Waals surface area (Å²) in [5, 5.41) is 14.6. The van der Waals surface area contributed by atoms with E-state index in [1.165, 1.54) is 17.2 Å². The van der Waals surface area contributed by atoms with Crippen molar-refractivity contribution in [1.29, 1.82) is 0 Å². The van der Waals surface area contributed by atoms with Gasteiger partial charge in [0.25, 0.3) is 5.56 Å². The molecule has 0 spiro atoms. The van der Waals surface area contributed by atoms with Crippen molar-refractivity contribution in [1.82, 2.24) is 9.66 Å². The number of aromatic carboxylic acids is 1. The van der Waals surface area contributed by atoms with Crippen LogP contribution in [0.2, 0.25) is 5.02 Å². The largest absolute Gasteiger partial charge is 0.487 e. The van der Waals surface area contributed by atoms with Crippen LogP contribution in [0.25, 0.3) is 10.9 Å². The van der Waals surface area contributed by atoms with Gasteiger partial charge in [0.2, 0.25) is 0 Å². The van der Waals surface area contributed by atoms with Gasteiger partial charge in [-0.15, -0.1) is 0 Å². The standard InChI is InChI=1S/C29H26ClN3O4/c30-24-16-19(13-14-26(24)37-18-20-7-6-10-22(15-20)29(35)36)17-31-33-27(21-8-2-1-3-9-21)32-25-12-5-4-11-23(25)28(33)34/h4-7,10-17,21H,1-3,8-9,18H2,(H,35,36). The van der Waals surface area contributed by atoms with Gasteiger partial charge in [-0.1, -0.05) is 55.1 Å². The Hall–Kier alpha value is -3.97. The molecule has 1 fully saturated rings. The maximum atomic E-state index is 13.3. The number of para-hydroxylation sites is 1. The molecule has 5 rings (SSSR count). The molecule has 3 aromatic carbocycles. The molecule has 188 valence electrons. The fraction of sp³-hybridized carbons (Fsp3) is 0.241. The highest BCUT2D eigenvalue weighted by Gasteiger charge is 2.22. The number of ether oxygens (including phenoxy) is 1. The highest BCUT2D eigenvalue weighted by molar-refractivity contribution is 6.32. The predicted octanol–water partition coefficient (Wildman–Crippen LogP) is 6.26. The molecule has 0 saturated heterocycles. The molecule has 37 heavy (non-hydrogen) atoms. The Labute approximate surface area is 219 Å². The lowest BCUT2D eigenvalue weighted by Gasteiger charge is -2.22.